The van der Waals surface area contributed by atoms with Gasteiger partial charge in [0.1, 0.15) is 0 Å². The van der Waals surface area contributed by atoms with E-state index < -0.39 is 0 Å². The van der Waals surface area contributed by atoms with Crippen LogP contribution < -0.4 is 4.74 Å². The van der Waals surface area contributed by atoms with Crippen LogP contribution in [0.2, 0.25) is 0 Å². The molecular formula is C11H17NO2. The van der Waals surface area contributed by atoms with Crippen molar-refractivity contribution in [2.75, 3.05) is 7.11 Å². The largest absolute Gasteiger partial charge is 0.481 e. The second-order valence-corrected chi connectivity index (χ2v) is 3.59. The lowest BCUT2D eigenvalue weighted by atomic mass is 10.00. The van der Waals surface area contributed by atoms with Crippen LogP contribution in [-0.4, -0.2) is 23.3 Å². The Morgan fingerprint density at radius 3 is 2.71 bits per heavy atom. The average molecular weight is 195 g/mol. The highest BCUT2D eigenvalue weighted by atomic mass is 16.5. The number of ether oxygens (including phenoxy) is 1. The first-order chi connectivity index (χ1) is 6.63. The van der Waals surface area contributed by atoms with Crippen LogP contribution in [0.25, 0.3) is 0 Å². The van der Waals surface area contributed by atoms with Crippen LogP contribution in [0.3, 0.4) is 0 Å². The van der Waals surface area contributed by atoms with Crippen LogP contribution in [0.4, 0.5) is 0 Å². The number of pyridine rings is 1. The summed E-state index contributed by atoms with van der Waals surface area (Å²) in [6.07, 6.45) is 0.470. The molecule has 3 nitrogen and oxygen atoms in total. The maximum Gasteiger partial charge on any atom is 0.213 e. The molecule has 0 aliphatic heterocycles. The Morgan fingerprint density at radius 2 is 2.14 bits per heavy atom. The van der Waals surface area contributed by atoms with Crippen molar-refractivity contribution in [1.82, 2.24) is 4.98 Å². The second-order valence-electron chi connectivity index (χ2n) is 3.59. The zero-order chi connectivity index (χ0) is 10.6. The summed E-state index contributed by atoms with van der Waals surface area (Å²) in [5.74, 6) is 0.842. The van der Waals surface area contributed by atoms with Crippen molar-refractivity contribution in [3.8, 4) is 5.88 Å². The van der Waals surface area contributed by atoms with Gasteiger partial charge < -0.3 is 9.84 Å². The second kappa shape index (κ2) is 4.96. The van der Waals surface area contributed by atoms with Gasteiger partial charge in [-0.15, -0.1) is 0 Å². The minimum atomic E-state index is -0.303. The van der Waals surface area contributed by atoms with E-state index in [0.29, 0.717) is 5.88 Å². The van der Waals surface area contributed by atoms with Crippen LogP contribution in [-0.2, 0) is 6.42 Å². The molecule has 0 saturated heterocycles. The molecule has 1 N–H and O–H groups in total. The smallest absolute Gasteiger partial charge is 0.213 e. The summed E-state index contributed by atoms with van der Waals surface area (Å²) in [4.78, 5) is 4.28. The maximum absolute atomic E-state index is 9.35. The van der Waals surface area contributed by atoms with Crippen LogP contribution in [0.15, 0.2) is 18.2 Å². The summed E-state index contributed by atoms with van der Waals surface area (Å²) in [6.45, 7) is 3.80. The predicted octanol–water partition coefficient (Wildman–Crippen LogP) is 1.65. The molecule has 0 aliphatic rings. The quantitative estimate of drug-likeness (QED) is 0.794. The van der Waals surface area contributed by atoms with Crippen molar-refractivity contribution in [3.63, 3.8) is 0 Å². The van der Waals surface area contributed by atoms with E-state index in [4.69, 9.17) is 4.74 Å². The first kappa shape index (κ1) is 11.0. The average Bonchev–Trinajstić information content (AvgIpc) is 2.18. The van der Waals surface area contributed by atoms with Crippen LogP contribution in [0.5, 0.6) is 5.88 Å². The third kappa shape index (κ3) is 3.00. The van der Waals surface area contributed by atoms with E-state index in [1.807, 2.05) is 25.1 Å². The van der Waals surface area contributed by atoms with Crippen molar-refractivity contribution in [3.05, 3.63) is 23.9 Å². The van der Waals surface area contributed by atoms with Crippen molar-refractivity contribution >= 4 is 0 Å². The molecule has 14 heavy (non-hydrogen) atoms. The highest BCUT2D eigenvalue weighted by molar-refractivity contribution is 5.16. The van der Waals surface area contributed by atoms with Crippen molar-refractivity contribution in [1.29, 1.82) is 0 Å². The van der Waals surface area contributed by atoms with Gasteiger partial charge in [-0.05, 0) is 25.3 Å². The fourth-order valence-corrected chi connectivity index (χ4v) is 1.19. The highest BCUT2D eigenvalue weighted by Crippen LogP contribution is 2.13. The molecular weight excluding hydrogens is 178 g/mol. The number of nitrogens with zero attached hydrogens (tertiary/aromatic N) is 1. The molecule has 0 aromatic carbocycles. The molecule has 0 spiro atoms. The Labute approximate surface area is 84.7 Å². The maximum atomic E-state index is 9.35. The van der Waals surface area contributed by atoms with Crippen molar-refractivity contribution in [2.45, 2.75) is 26.4 Å². The summed E-state index contributed by atoms with van der Waals surface area (Å²) in [6, 6.07) is 5.67. The van der Waals surface area contributed by atoms with E-state index in [9.17, 15) is 5.11 Å². The Balaban J connectivity index is 2.66. The number of rotatable bonds is 4. The molecule has 0 saturated carbocycles. The molecule has 1 heterocycles. The zero-order valence-corrected chi connectivity index (χ0v) is 8.90. The Morgan fingerprint density at radius 1 is 1.43 bits per heavy atom. The molecule has 3 heteroatoms. The fourth-order valence-electron chi connectivity index (χ4n) is 1.19. The molecule has 1 aromatic heterocycles. The van der Waals surface area contributed by atoms with Crippen molar-refractivity contribution in [2.24, 2.45) is 5.92 Å². The molecule has 0 aliphatic carbocycles. The summed E-state index contributed by atoms with van der Waals surface area (Å²) < 4.78 is 5.02. The number of hydrogen-bond acceptors (Lipinski definition) is 3. The first-order valence-corrected chi connectivity index (χ1v) is 4.81. The van der Waals surface area contributed by atoms with Gasteiger partial charge in [0, 0.05) is 11.8 Å². The molecule has 1 rings (SSSR count). The molecule has 0 radical (unpaired) electrons. The summed E-state index contributed by atoms with van der Waals surface area (Å²) >= 11 is 0. The summed E-state index contributed by atoms with van der Waals surface area (Å²) in [5.41, 5.74) is 0.956. The minimum absolute atomic E-state index is 0.217. The van der Waals surface area contributed by atoms with Gasteiger partial charge >= 0.3 is 0 Å². The van der Waals surface area contributed by atoms with Gasteiger partial charge in [-0.3, -0.25) is 0 Å². The van der Waals surface area contributed by atoms with Crippen LogP contribution >= 0.6 is 0 Å². The van der Waals surface area contributed by atoms with E-state index in [1.165, 1.54) is 0 Å². The minimum Gasteiger partial charge on any atom is -0.481 e. The lowest BCUT2D eigenvalue weighted by Gasteiger charge is -2.13. The Kier molecular flexibility index (Phi) is 3.89. The SMILES string of the molecule is COc1cccc(CC(C)C(C)O)n1. The number of aromatic nitrogens is 1. The third-order valence-corrected chi connectivity index (χ3v) is 2.34. The zero-order valence-electron chi connectivity index (χ0n) is 8.90. The van der Waals surface area contributed by atoms with Gasteiger partial charge in [-0.1, -0.05) is 13.0 Å². The van der Waals surface area contributed by atoms with E-state index in [0.717, 1.165) is 12.1 Å². The van der Waals surface area contributed by atoms with E-state index in [1.54, 1.807) is 14.0 Å². The monoisotopic (exact) mass is 195 g/mol. The molecule has 78 valence electrons. The summed E-state index contributed by atoms with van der Waals surface area (Å²) in [5, 5.41) is 9.35. The highest BCUT2D eigenvalue weighted by Gasteiger charge is 2.10. The molecule has 1 aromatic rings. The van der Waals surface area contributed by atoms with E-state index >= 15 is 0 Å². The molecule has 0 bridgehead atoms. The van der Waals surface area contributed by atoms with E-state index in [-0.39, 0.29) is 12.0 Å². The third-order valence-electron chi connectivity index (χ3n) is 2.34. The standard InChI is InChI=1S/C11H17NO2/c1-8(9(2)13)7-10-5-4-6-11(12-10)14-3/h4-6,8-9,13H,7H2,1-3H3. The fraction of sp³-hybridized carbons (Fsp3) is 0.545. The number of aliphatic hydroxyl groups excluding tert-OH is 1. The number of hydrogen-bond donors (Lipinski definition) is 1. The predicted molar refractivity (Wildman–Crippen MR) is 55.3 cm³/mol. The normalized spacial score (nSPS) is 14.9. The van der Waals surface area contributed by atoms with Crippen molar-refractivity contribution < 1.29 is 9.84 Å². The molecule has 0 amide bonds. The van der Waals surface area contributed by atoms with Gasteiger partial charge in [0.2, 0.25) is 5.88 Å². The van der Waals surface area contributed by atoms with Gasteiger partial charge in [-0.2, -0.15) is 0 Å². The summed E-state index contributed by atoms with van der Waals surface area (Å²) in [7, 11) is 1.60. The van der Waals surface area contributed by atoms with Gasteiger partial charge in [0.25, 0.3) is 0 Å². The van der Waals surface area contributed by atoms with Gasteiger partial charge in [-0.25, -0.2) is 4.98 Å². The Bertz CT molecular complexity index is 286. The molecule has 2 unspecified atom stereocenters. The lowest BCUT2D eigenvalue weighted by molar-refractivity contribution is 0.134. The molecule has 0 fully saturated rings. The van der Waals surface area contributed by atoms with Crippen LogP contribution in [0, 0.1) is 5.92 Å². The van der Waals surface area contributed by atoms with Crippen LogP contribution in [0.1, 0.15) is 19.5 Å². The van der Waals surface area contributed by atoms with Gasteiger partial charge in [0.15, 0.2) is 0 Å². The van der Waals surface area contributed by atoms with E-state index in [2.05, 4.69) is 4.98 Å². The van der Waals surface area contributed by atoms with Gasteiger partial charge in [0.05, 0.1) is 13.2 Å². The number of methoxy groups -OCH3 is 1. The topological polar surface area (TPSA) is 42.4 Å². The first-order valence-electron chi connectivity index (χ1n) is 4.81. The number of aliphatic hydroxyl groups is 1. The Hall–Kier alpha value is -1.09. The molecule has 2 atom stereocenters. The lowest BCUT2D eigenvalue weighted by Crippen LogP contribution is -2.16.